The summed E-state index contributed by atoms with van der Waals surface area (Å²) in [6.07, 6.45) is 4.99. The highest BCUT2D eigenvalue weighted by Crippen LogP contribution is 2.30. The Balaban J connectivity index is 1.55. The van der Waals surface area contributed by atoms with E-state index in [-0.39, 0.29) is 17.7 Å². The molecule has 6 heteroatoms. The number of carbonyl (C=O) groups excluding carboxylic acids is 2. The Morgan fingerprint density at radius 3 is 2.55 bits per heavy atom. The third-order valence-corrected chi connectivity index (χ3v) is 6.69. The van der Waals surface area contributed by atoms with Crippen molar-refractivity contribution < 1.29 is 9.59 Å². The summed E-state index contributed by atoms with van der Waals surface area (Å²) in [5.74, 6) is 0.279. The molecule has 1 aliphatic heterocycles. The van der Waals surface area contributed by atoms with Gasteiger partial charge in [0.2, 0.25) is 11.8 Å². The summed E-state index contributed by atoms with van der Waals surface area (Å²) >= 11 is 7.70. The molecule has 0 radical (unpaired) electrons. The minimum absolute atomic E-state index is 0.0106. The van der Waals surface area contributed by atoms with Crippen molar-refractivity contribution in [1.82, 2.24) is 9.80 Å². The molecular weight excluding hydrogens is 404 g/mol. The van der Waals surface area contributed by atoms with E-state index in [2.05, 4.69) is 0 Å². The molecule has 2 heterocycles. The van der Waals surface area contributed by atoms with Gasteiger partial charge < -0.3 is 9.80 Å². The summed E-state index contributed by atoms with van der Waals surface area (Å²) in [6.45, 7) is 6.78. The lowest BCUT2D eigenvalue weighted by Gasteiger charge is -2.33. The van der Waals surface area contributed by atoms with Crippen LogP contribution < -0.4 is 0 Å². The summed E-state index contributed by atoms with van der Waals surface area (Å²) in [5.41, 5.74) is 1.08. The third kappa shape index (κ3) is 5.49. The summed E-state index contributed by atoms with van der Waals surface area (Å²) < 4.78 is 0. The van der Waals surface area contributed by atoms with E-state index in [1.807, 2.05) is 66.1 Å². The second-order valence-corrected chi connectivity index (χ2v) is 8.71. The van der Waals surface area contributed by atoms with Crippen LogP contribution in [0.2, 0.25) is 5.02 Å². The van der Waals surface area contributed by atoms with Crippen LogP contribution in [0.5, 0.6) is 0 Å². The molecule has 3 rings (SSSR count). The lowest BCUT2D eigenvalue weighted by atomic mass is 9.95. The normalized spacial score (nSPS) is 15.1. The highest BCUT2D eigenvalue weighted by atomic mass is 35.5. The first-order chi connectivity index (χ1) is 14.0. The van der Waals surface area contributed by atoms with Crippen LogP contribution in [0.1, 0.15) is 31.6 Å². The molecule has 1 fully saturated rings. The SMILES string of the molecule is CCN(CC)C(=O)C1CCN(C(=O)/C=C/c2ccc(-c3cccc(Cl)c3)s2)CC1. The standard InChI is InChI=1S/C23H27ClN2O2S/c1-3-25(4-2)23(28)17-12-14-26(15-13-17)22(27)11-9-20-8-10-21(29-20)18-6-5-7-19(24)16-18/h5-11,16-17H,3-4,12-15H2,1-2H3/b11-9+. The Morgan fingerprint density at radius 2 is 1.90 bits per heavy atom. The average Bonchev–Trinajstić information content (AvgIpc) is 3.22. The number of piperidine rings is 1. The van der Waals surface area contributed by atoms with E-state index in [9.17, 15) is 9.59 Å². The van der Waals surface area contributed by atoms with E-state index < -0.39 is 0 Å². The molecule has 0 aliphatic carbocycles. The van der Waals surface area contributed by atoms with Crippen molar-refractivity contribution in [2.75, 3.05) is 26.2 Å². The third-order valence-electron chi connectivity index (χ3n) is 5.36. The van der Waals surface area contributed by atoms with Gasteiger partial charge in [0.25, 0.3) is 0 Å². The minimum Gasteiger partial charge on any atom is -0.343 e. The highest BCUT2D eigenvalue weighted by molar-refractivity contribution is 7.16. The Labute approximate surface area is 181 Å². The van der Waals surface area contributed by atoms with Crippen LogP contribution in [0.3, 0.4) is 0 Å². The van der Waals surface area contributed by atoms with E-state index in [4.69, 9.17) is 11.6 Å². The fourth-order valence-electron chi connectivity index (χ4n) is 3.64. The van der Waals surface area contributed by atoms with Gasteiger partial charge in [-0.3, -0.25) is 9.59 Å². The van der Waals surface area contributed by atoms with Crippen LogP contribution in [0.4, 0.5) is 0 Å². The van der Waals surface area contributed by atoms with Crippen molar-refractivity contribution in [3.63, 3.8) is 0 Å². The number of thiophene rings is 1. The molecule has 4 nitrogen and oxygen atoms in total. The van der Waals surface area contributed by atoms with E-state index in [0.717, 1.165) is 41.2 Å². The van der Waals surface area contributed by atoms with Gasteiger partial charge in [0.05, 0.1) is 0 Å². The maximum Gasteiger partial charge on any atom is 0.246 e. The van der Waals surface area contributed by atoms with Gasteiger partial charge in [0.1, 0.15) is 0 Å². The van der Waals surface area contributed by atoms with Gasteiger partial charge in [-0.2, -0.15) is 0 Å². The Kier molecular flexibility index (Phi) is 7.51. The molecule has 2 aromatic rings. The number of benzene rings is 1. The molecular formula is C23H27ClN2O2S. The van der Waals surface area contributed by atoms with Crippen molar-refractivity contribution in [1.29, 1.82) is 0 Å². The second-order valence-electron chi connectivity index (χ2n) is 7.16. The van der Waals surface area contributed by atoms with Gasteiger partial charge in [-0.25, -0.2) is 0 Å². The quantitative estimate of drug-likeness (QED) is 0.592. The zero-order chi connectivity index (χ0) is 20.8. The minimum atomic E-state index is 0.0106. The van der Waals surface area contributed by atoms with E-state index in [0.29, 0.717) is 18.1 Å². The van der Waals surface area contributed by atoms with Gasteiger partial charge in [0.15, 0.2) is 0 Å². The summed E-state index contributed by atoms with van der Waals surface area (Å²) in [6, 6.07) is 11.8. The number of likely N-dealkylation sites (tertiary alicyclic amines) is 1. The zero-order valence-corrected chi connectivity index (χ0v) is 18.5. The topological polar surface area (TPSA) is 40.6 Å². The molecule has 1 aromatic heterocycles. The van der Waals surface area contributed by atoms with Gasteiger partial charge in [0, 0.05) is 52.9 Å². The molecule has 0 atom stereocenters. The van der Waals surface area contributed by atoms with Crippen molar-refractivity contribution >= 4 is 40.8 Å². The first-order valence-corrected chi connectivity index (χ1v) is 11.3. The van der Waals surface area contributed by atoms with Crippen molar-refractivity contribution in [3.8, 4) is 10.4 Å². The van der Waals surface area contributed by atoms with Crippen molar-refractivity contribution in [3.05, 3.63) is 52.4 Å². The number of hydrogen-bond donors (Lipinski definition) is 0. The van der Waals surface area contributed by atoms with Crippen LogP contribution >= 0.6 is 22.9 Å². The molecule has 2 amide bonds. The second kappa shape index (κ2) is 10.1. The fourth-order valence-corrected chi connectivity index (χ4v) is 4.74. The average molecular weight is 431 g/mol. The lowest BCUT2D eigenvalue weighted by molar-refractivity contribution is -0.139. The van der Waals surface area contributed by atoms with Gasteiger partial charge in [-0.15, -0.1) is 11.3 Å². The van der Waals surface area contributed by atoms with E-state index >= 15 is 0 Å². The monoisotopic (exact) mass is 430 g/mol. The van der Waals surface area contributed by atoms with Crippen molar-refractivity contribution in [2.24, 2.45) is 5.92 Å². The smallest absolute Gasteiger partial charge is 0.246 e. The van der Waals surface area contributed by atoms with Gasteiger partial charge in [-0.05, 0) is 62.6 Å². The molecule has 0 unspecified atom stereocenters. The van der Waals surface area contributed by atoms with E-state index in [1.165, 1.54) is 0 Å². The van der Waals surface area contributed by atoms with Crippen molar-refractivity contribution in [2.45, 2.75) is 26.7 Å². The molecule has 29 heavy (non-hydrogen) atoms. The molecule has 1 saturated heterocycles. The summed E-state index contributed by atoms with van der Waals surface area (Å²) in [7, 11) is 0. The van der Waals surface area contributed by atoms with Gasteiger partial charge in [-0.1, -0.05) is 23.7 Å². The van der Waals surface area contributed by atoms with Crippen LogP contribution in [-0.4, -0.2) is 47.8 Å². The summed E-state index contributed by atoms with van der Waals surface area (Å²) in [4.78, 5) is 30.9. The summed E-state index contributed by atoms with van der Waals surface area (Å²) in [5, 5.41) is 0.714. The van der Waals surface area contributed by atoms with Crippen LogP contribution in [-0.2, 0) is 9.59 Å². The Morgan fingerprint density at radius 1 is 1.17 bits per heavy atom. The molecule has 154 valence electrons. The number of rotatable bonds is 6. The number of halogens is 1. The molecule has 0 saturated carbocycles. The maximum atomic E-state index is 12.5. The van der Waals surface area contributed by atoms with Crippen LogP contribution in [0, 0.1) is 5.92 Å². The molecule has 1 aromatic carbocycles. The molecule has 0 spiro atoms. The molecule has 1 aliphatic rings. The highest BCUT2D eigenvalue weighted by Gasteiger charge is 2.28. The molecule has 0 N–H and O–H groups in total. The predicted octanol–water partition coefficient (Wildman–Crippen LogP) is 5.19. The number of amides is 2. The Bertz CT molecular complexity index is 881. The predicted molar refractivity (Wildman–Crippen MR) is 121 cm³/mol. The van der Waals surface area contributed by atoms with Gasteiger partial charge >= 0.3 is 0 Å². The number of nitrogens with zero attached hydrogens (tertiary/aromatic N) is 2. The first kappa shape index (κ1) is 21.6. The maximum absolute atomic E-state index is 12.5. The van der Waals surface area contributed by atoms with Crippen LogP contribution in [0.15, 0.2) is 42.5 Å². The van der Waals surface area contributed by atoms with E-state index in [1.54, 1.807) is 17.4 Å². The largest absolute Gasteiger partial charge is 0.343 e. The molecule has 0 bridgehead atoms. The number of carbonyl (C=O) groups is 2. The van der Waals surface area contributed by atoms with Crippen LogP contribution in [0.25, 0.3) is 16.5 Å². The fraction of sp³-hybridized carbons (Fsp3) is 0.391. The lowest BCUT2D eigenvalue weighted by Crippen LogP contribution is -2.44. The number of hydrogen-bond acceptors (Lipinski definition) is 3. The first-order valence-electron chi connectivity index (χ1n) is 10.1. The Hall–Kier alpha value is -2.11. The zero-order valence-electron chi connectivity index (χ0n) is 16.9.